The van der Waals surface area contributed by atoms with Crippen molar-refractivity contribution in [2.24, 2.45) is 7.05 Å². The lowest BCUT2D eigenvalue weighted by atomic mass is 10.2. The van der Waals surface area contributed by atoms with E-state index in [0.717, 1.165) is 18.5 Å². The maximum absolute atomic E-state index is 11.3. The van der Waals surface area contributed by atoms with E-state index in [1.807, 2.05) is 20.0 Å². The molecule has 0 aliphatic carbocycles. The fourth-order valence-corrected chi connectivity index (χ4v) is 1.16. The molecule has 0 atom stereocenters. The molecule has 1 amide bonds. The predicted octanol–water partition coefficient (Wildman–Crippen LogP) is 1.86. The van der Waals surface area contributed by atoms with Gasteiger partial charge < -0.3 is 5.32 Å². The molecular formula is C10H17N3O. The van der Waals surface area contributed by atoms with Gasteiger partial charge in [0.05, 0.1) is 0 Å². The van der Waals surface area contributed by atoms with Crippen molar-refractivity contribution in [2.75, 3.05) is 5.32 Å². The van der Waals surface area contributed by atoms with Crippen LogP contribution in [-0.2, 0) is 11.8 Å². The van der Waals surface area contributed by atoms with E-state index in [0.29, 0.717) is 12.2 Å². The highest BCUT2D eigenvalue weighted by Gasteiger charge is 2.05. The molecule has 1 aromatic rings. The van der Waals surface area contributed by atoms with Crippen LogP contribution in [0.4, 0.5) is 5.82 Å². The van der Waals surface area contributed by atoms with Gasteiger partial charge in [-0.2, -0.15) is 5.10 Å². The zero-order chi connectivity index (χ0) is 10.6. The summed E-state index contributed by atoms with van der Waals surface area (Å²) >= 11 is 0. The van der Waals surface area contributed by atoms with Crippen LogP contribution in [0.5, 0.6) is 0 Å². The minimum Gasteiger partial charge on any atom is -0.309 e. The van der Waals surface area contributed by atoms with Crippen molar-refractivity contribution >= 4 is 11.7 Å². The van der Waals surface area contributed by atoms with Crippen LogP contribution in [-0.4, -0.2) is 15.7 Å². The monoisotopic (exact) mass is 195 g/mol. The number of nitrogens with one attached hydrogen (secondary N) is 1. The van der Waals surface area contributed by atoms with Crippen molar-refractivity contribution in [2.45, 2.75) is 33.1 Å². The minimum absolute atomic E-state index is 0.0463. The van der Waals surface area contributed by atoms with Crippen LogP contribution in [0.25, 0.3) is 0 Å². The van der Waals surface area contributed by atoms with Gasteiger partial charge in [-0.15, -0.1) is 0 Å². The summed E-state index contributed by atoms with van der Waals surface area (Å²) in [6.07, 6.45) is 2.54. The van der Waals surface area contributed by atoms with Crippen molar-refractivity contribution in [1.29, 1.82) is 0 Å². The van der Waals surface area contributed by atoms with Crippen LogP contribution in [0.3, 0.4) is 0 Å². The van der Waals surface area contributed by atoms with Crippen LogP contribution in [0.15, 0.2) is 6.07 Å². The summed E-state index contributed by atoms with van der Waals surface area (Å²) in [5.41, 5.74) is 1.04. The van der Waals surface area contributed by atoms with Gasteiger partial charge in [0.2, 0.25) is 5.91 Å². The molecule has 0 bridgehead atoms. The standard InChI is InChI=1S/C10H17N3O/c1-4-5-6-10(14)11-9-7-8(2)13(3)12-9/h7H,4-6H2,1-3H3,(H,11,12,14). The summed E-state index contributed by atoms with van der Waals surface area (Å²) in [6.45, 7) is 4.02. The van der Waals surface area contributed by atoms with Gasteiger partial charge in [-0.05, 0) is 13.3 Å². The molecule has 0 saturated carbocycles. The SMILES string of the molecule is CCCCC(=O)Nc1cc(C)n(C)n1. The second-order valence-corrected chi connectivity index (χ2v) is 3.45. The first-order valence-corrected chi connectivity index (χ1v) is 4.94. The highest BCUT2D eigenvalue weighted by molar-refractivity contribution is 5.89. The van der Waals surface area contributed by atoms with Gasteiger partial charge in [0, 0.05) is 25.2 Å². The highest BCUT2D eigenvalue weighted by atomic mass is 16.1. The van der Waals surface area contributed by atoms with E-state index in [2.05, 4.69) is 17.3 Å². The van der Waals surface area contributed by atoms with Crippen LogP contribution in [0.1, 0.15) is 31.9 Å². The number of amides is 1. The second kappa shape index (κ2) is 4.79. The summed E-state index contributed by atoms with van der Waals surface area (Å²) in [5.74, 6) is 0.691. The average Bonchev–Trinajstić information content (AvgIpc) is 2.42. The minimum atomic E-state index is 0.0463. The van der Waals surface area contributed by atoms with E-state index in [-0.39, 0.29) is 5.91 Å². The zero-order valence-corrected chi connectivity index (χ0v) is 9.00. The Labute approximate surface area is 84.3 Å². The molecular weight excluding hydrogens is 178 g/mol. The maximum atomic E-state index is 11.3. The summed E-state index contributed by atoms with van der Waals surface area (Å²) < 4.78 is 1.75. The molecule has 4 nitrogen and oxygen atoms in total. The predicted molar refractivity (Wildman–Crippen MR) is 56.1 cm³/mol. The number of aromatic nitrogens is 2. The van der Waals surface area contributed by atoms with Gasteiger partial charge in [-0.3, -0.25) is 9.48 Å². The first kappa shape index (κ1) is 10.8. The Kier molecular flexibility index (Phi) is 3.68. The number of hydrogen-bond acceptors (Lipinski definition) is 2. The number of unbranched alkanes of at least 4 members (excludes halogenated alkanes) is 1. The lowest BCUT2D eigenvalue weighted by molar-refractivity contribution is -0.116. The number of carbonyl (C=O) groups is 1. The van der Waals surface area contributed by atoms with Crippen molar-refractivity contribution in [1.82, 2.24) is 9.78 Å². The van der Waals surface area contributed by atoms with Gasteiger partial charge in [0.1, 0.15) is 0 Å². The topological polar surface area (TPSA) is 46.9 Å². The summed E-state index contributed by atoms with van der Waals surface area (Å²) in [6, 6.07) is 1.86. The molecule has 0 aromatic carbocycles. The van der Waals surface area contributed by atoms with Gasteiger partial charge in [0.25, 0.3) is 0 Å². The molecule has 0 radical (unpaired) electrons. The molecule has 0 spiro atoms. The third-order valence-corrected chi connectivity index (χ3v) is 2.14. The van der Waals surface area contributed by atoms with E-state index < -0.39 is 0 Å². The van der Waals surface area contributed by atoms with Gasteiger partial charge >= 0.3 is 0 Å². The molecule has 0 aliphatic heterocycles. The average molecular weight is 195 g/mol. The normalized spacial score (nSPS) is 10.2. The smallest absolute Gasteiger partial charge is 0.225 e. The van der Waals surface area contributed by atoms with Crippen molar-refractivity contribution < 1.29 is 4.79 Å². The van der Waals surface area contributed by atoms with Gasteiger partial charge in [-0.25, -0.2) is 0 Å². The third kappa shape index (κ3) is 2.87. The molecule has 78 valence electrons. The molecule has 1 N–H and O–H groups in total. The second-order valence-electron chi connectivity index (χ2n) is 3.45. The van der Waals surface area contributed by atoms with E-state index in [9.17, 15) is 4.79 Å². The van der Waals surface area contributed by atoms with Crippen LogP contribution < -0.4 is 5.32 Å². The lowest BCUT2D eigenvalue weighted by Crippen LogP contribution is -2.11. The van der Waals surface area contributed by atoms with Crippen LogP contribution >= 0.6 is 0 Å². The fraction of sp³-hybridized carbons (Fsp3) is 0.600. The number of carbonyl (C=O) groups excluding carboxylic acids is 1. The summed E-state index contributed by atoms with van der Waals surface area (Å²) in [7, 11) is 1.86. The van der Waals surface area contributed by atoms with E-state index >= 15 is 0 Å². The molecule has 0 fully saturated rings. The van der Waals surface area contributed by atoms with Crippen LogP contribution in [0.2, 0.25) is 0 Å². The number of nitrogens with zero attached hydrogens (tertiary/aromatic N) is 2. The van der Waals surface area contributed by atoms with Gasteiger partial charge in [-0.1, -0.05) is 13.3 Å². The Bertz CT molecular complexity index is 298. The van der Waals surface area contributed by atoms with Crippen molar-refractivity contribution in [3.63, 3.8) is 0 Å². The molecule has 14 heavy (non-hydrogen) atoms. The number of rotatable bonds is 4. The maximum Gasteiger partial charge on any atom is 0.225 e. The molecule has 1 rings (SSSR count). The largest absolute Gasteiger partial charge is 0.309 e. The Morgan fingerprint density at radius 2 is 2.36 bits per heavy atom. The van der Waals surface area contributed by atoms with Crippen LogP contribution in [0, 0.1) is 6.92 Å². The lowest BCUT2D eigenvalue weighted by Gasteiger charge is -1.99. The first-order chi connectivity index (χ1) is 6.63. The molecule has 4 heteroatoms. The van der Waals surface area contributed by atoms with Crippen molar-refractivity contribution in [3.05, 3.63) is 11.8 Å². The summed E-state index contributed by atoms with van der Waals surface area (Å²) in [5, 5.41) is 6.91. The Balaban J connectivity index is 2.48. The number of hydrogen-bond donors (Lipinski definition) is 1. The highest BCUT2D eigenvalue weighted by Crippen LogP contribution is 2.07. The van der Waals surface area contributed by atoms with E-state index in [1.165, 1.54) is 0 Å². The fourth-order valence-electron chi connectivity index (χ4n) is 1.16. The van der Waals surface area contributed by atoms with E-state index in [1.54, 1.807) is 4.68 Å². The molecule has 0 saturated heterocycles. The molecule has 1 aromatic heterocycles. The van der Waals surface area contributed by atoms with E-state index in [4.69, 9.17) is 0 Å². The quantitative estimate of drug-likeness (QED) is 0.797. The first-order valence-electron chi connectivity index (χ1n) is 4.94. The zero-order valence-electron chi connectivity index (χ0n) is 9.00. The Morgan fingerprint density at radius 1 is 1.64 bits per heavy atom. The number of aryl methyl sites for hydroxylation is 2. The Hall–Kier alpha value is -1.32. The summed E-state index contributed by atoms with van der Waals surface area (Å²) in [4.78, 5) is 11.3. The van der Waals surface area contributed by atoms with Crippen molar-refractivity contribution in [3.8, 4) is 0 Å². The molecule has 0 aliphatic rings. The van der Waals surface area contributed by atoms with Gasteiger partial charge in [0.15, 0.2) is 5.82 Å². The molecule has 0 unspecified atom stereocenters. The third-order valence-electron chi connectivity index (χ3n) is 2.14. The number of anilines is 1. The Morgan fingerprint density at radius 3 is 2.86 bits per heavy atom. The molecule has 1 heterocycles.